The lowest BCUT2D eigenvalue weighted by molar-refractivity contribution is 0.102. The molecule has 0 atom stereocenters. The fourth-order valence-electron chi connectivity index (χ4n) is 4.59. The second-order valence-corrected chi connectivity index (χ2v) is 9.67. The van der Waals surface area contributed by atoms with Crippen LogP contribution in [0, 0.1) is 6.92 Å². The Bertz CT molecular complexity index is 1370. The minimum absolute atomic E-state index is 0.207. The number of rotatable bonds is 6. The molecule has 10 heteroatoms. The molecular formula is C28H33N9O. The Kier molecular flexibility index (Phi) is 7.25. The van der Waals surface area contributed by atoms with Crippen LogP contribution < -0.4 is 31.9 Å². The van der Waals surface area contributed by atoms with Crippen LogP contribution in [0.2, 0.25) is 0 Å². The van der Waals surface area contributed by atoms with Gasteiger partial charge in [-0.05, 0) is 68.4 Å². The van der Waals surface area contributed by atoms with Gasteiger partial charge < -0.3 is 26.3 Å². The molecule has 1 saturated heterocycles. The standard InChI is InChI=1S/C28H33N9O/c1-19-5-6-24(14-27(19)37-17-26(33-34-37)23-15-30-18-31-16-23)32-28(38)22-11-21(20(2)29)12-25(13-22)36-8-4-7-35(3)9-10-36/h5-6,11-18,33-34H,2,4,7-10,29H2,1,3H3,(H,32,38). The highest BCUT2D eigenvalue weighted by Crippen LogP contribution is 2.28. The summed E-state index contributed by atoms with van der Waals surface area (Å²) >= 11 is 0. The van der Waals surface area contributed by atoms with E-state index in [2.05, 4.69) is 49.7 Å². The SMILES string of the molecule is C=C(N)c1cc(C(=O)Nc2ccc(C)c(N3C=C(c4cncnc4)NN3)c2)cc(N2CCCN(C)CC2)c1. The second-order valence-electron chi connectivity index (χ2n) is 9.67. The lowest BCUT2D eigenvalue weighted by Gasteiger charge is -2.24. The van der Waals surface area contributed by atoms with Crippen LogP contribution in [0.3, 0.4) is 0 Å². The number of anilines is 3. The zero-order chi connectivity index (χ0) is 26.6. The van der Waals surface area contributed by atoms with Gasteiger partial charge in [-0.2, -0.15) is 0 Å². The van der Waals surface area contributed by atoms with Crippen LogP contribution in [-0.4, -0.2) is 54.0 Å². The number of hydrazine groups is 2. The van der Waals surface area contributed by atoms with Gasteiger partial charge in [0.1, 0.15) is 6.33 Å². The van der Waals surface area contributed by atoms with Crippen LogP contribution in [0.1, 0.15) is 33.5 Å². The number of amides is 1. The summed E-state index contributed by atoms with van der Waals surface area (Å²) in [6.45, 7) is 9.76. The van der Waals surface area contributed by atoms with E-state index in [-0.39, 0.29) is 5.91 Å². The number of aryl methyl sites for hydroxylation is 1. The Morgan fingerprint density at radius 3 is 2.63 bits per heavy atom. The molecule has 2 aliphatic heterocycles. The molecule has 38 heavy (non-hydrogen) atoms. The van der Waals surface area contributed by atoms with E-state index in [1.807, 2.05) is 48.5 Å². The average Bonchev–Trinajstić information content (AvgIpc) is 3.31. The highest BCUT2D eigenvalue weighted by Gasteiger charge is 2.19. The van der Waals surface area contributed by atoms with Crippen LogP contribution in [0.4, 0.5) is 17.1 Å². The molecule has 0 radical (unpaired) electrons. The number of carbonyl (C=O) groups is 1. The molecule has 196 valence electrons. The molecule has 0 saturated carbocycles. The van der Waals surface area contributed by atoms with E-state index in [0.717, 1.165) is 66.4 Å². The maximum Gasteiger partial charge on any atom is 0.255 e. The molecule has 0 aliphatic carbocycles. The molecule has 0 unspecified atom stereocenters. The predicted octanol–water partition coefficient (Wildman–Crippen LogP) is 2.94. The topological polar surface area (TPSA) is 115 Å². The van der Waals surface area contributed by atoms with Crippen LogP contribution in [0.15, 0.2) is 67.9 Å². The van der Waals surface area contributed by atoms with E-state index in [4.69, 9.17) is 5.73 Å². The first-order valence-electron chi connectivity index (χ1n) is 12.6. The minimum Gasteiger partial charge on any atom is -0.399 e. The number of carbonyl (C=O) groups excluding carboxylic acids is 1. The highest BCUT2D eigenvalue weighted by atomic mass is 16.1. The zero-order valence-corrected chi connectivity index (χ0v) is 21.7. The Hall–Kier alpha value is -4.41. The van der Waals surface area contributed by atoms with Gasteiger partial charge in [0.2, 0.25) is 0 Å². The van der Waals surface area contributed by atoms with Crippen molar-refractivity contribution < 1.29 is 4.79 Å². The minimum atomic E-state index is -0.207. The van der Waals surface area contributed by atoms with Crippen molar-refractivity contribution in [2.75, 3.05) is 48.5 Å². The summed E-state index contributed by atoms with van der Waals surface area (Å²) in [6, 6.07) is 11.5. The van der Waals surface area contributed by atoms with Gasteiger partial charge in [0.15, 0.2) is 0 Å². The molecule has 1 fully saturated rings. The van der Waals surface area contributed by atoms with Crippen LogP contribution in [0.25, 0.3) is 11.4 Å². The number of hydrogen-bond donors (Lipinski definition) is 4. The molecule has 3 heterocycles. The zero-order valence-electron chi connectivity index (χ0n) is 21.7. The largest absolute Gasteiger partial charge is 0.399 e. The normalized spacial score (nSPS) is 16.0. The summed E-state index contributed by atoms with van der Waals surface area (Å²) < 4.78 is 0. The molecule has 10 nitrogen and oxygen atoms in total. The smallest absolute Gasteiger partial charge is 0.255 e. The van der Waals surface area contributed by atoms with Crippen LogP contribution in [0.5, 0.6) is 0 Å². The van der Waals surface area contributed by atoms with Gasteiger partial charge >= 0.3 is 0 Å². The van der Waals surface area contributed by atoms with Crippen molar-refractivity contribution >= 4 is 34.4 Å². The van der Waals surface area contributed by atoms with E-state index < -0.39 is 0 Å². The first-order valence-corrected chi connectivity index (χ1v) is 12.6. The monoisotopic (exact) mass is 511 g/mol. The summed E-state index contributed by atoms with van der Waals surface area (Å²) in [6.07, 6.45) is 7.96. The van der Waals surface area contributed by atoms with E-state index in [0.29, 0.717) is 16.9 Å². The molecule has 3 aromatic rings. The van der Waals surface area contributed by atoms with Gasteiger partial charge in [-0.25, -0.2) is 9.97 Å². The van der Waals surface area contributed by atoms with Crippen molar-refractivity contribution in [1.29, 1.82) is 0 Å². The van der Waals surface area contributed by atoms with E-state index in [9.17, 15) is 4.79 Å². The third kappa shape index (κ3) is 5.61. The van der Waals surface area contributed by atoms with Crippen molar-refractivity contribution in [3.8, 4) is 0 Å². The number of nitrogens with two attached hydrogens (primary N) is 1. The van der Waals surface area contributed by atoms with Crippen molar-refractivity contribution in [3.05, 3.63) is 90.2 Å². The van der Waals surface area contributed by atoms with Gasteiger partial charge in [0, 0.05) is 66.4 Å². The van der Waals surface area contributed by atoms with Gasteiger partial charge in [-0.3, -0.25) is 9.80 Å². The van der Waals surface area contributed by atoms with Gasteiger partial charge in [0.05, 0.1) is 11.4 Å². The van der Waals surface area contributed by atoms with Crippen LogP contribution in [-0.2, 0) is 0 Å². The number of nitrogens with zero attached hydrogens (tertiary/aromatic N) is 5. The molecule has 2 aromatic carbocycles. The average molecular weight is 512 g/mol. The lowest BCUT2D eigenvalue weighted by Crippen LogP contribution is -2.36. The molecular weight excluding hydrogens is 478 g/mol. The third-order valence-corrected chi connectivity index (χ3v) is 6.80. The van der Waals surface area contributed by atoms with Crippen molar-refractivity contribution in [2.24, 2.45) is 5.73 Å². The molecule has 0 bridgehead atoms. The summed E-state index contributed by atoms with van der Waals surface area (Å²) in [5.74, 6) is -0.207. The fourth-order valence-corrected chi connectivity index (χ4v) is 4.59. The van der Waals surface area contributed by atoms with Crippen molar-refractivity contribution in [3.63, 3.8) is 0 Å². The summed E-state index contributed by atoms with van der Waals surface area (Å²) in [7, 11) is 2.14. The maximum absolute atomic E-state index is 13.4. The fraction of sp³-hybridized carbons (Fsp3) is 0.250. The van der Waals surface area contributed by atoms with E-state index in [1.54, 1.807) is 18.5 Å². The number of benzene rings is 2. The summed E-state index contributed by atoms with van der Waals surface area (Å²) in [5, 5.41) is 4.92. The predicted molar refractivity (Wildman–Crippen MR) is 152 cm³/mol. The molecule has 0 spiro atoms. The highest BCUT2D eigenvalue weighted by molar-refractivity contribution is 6.05. The second kappa shape index (κ2) is 10.9. The molecule has 2 aliphatic rings. The van der Waals surface area contributed by atoms with Gasteiger partial charge in [-0.15, -0.1) is 5.53 Å². The number of hydrogen-bond acceptors (Lipinski definition) is 9. The van der Waals surface area contributed by atoms with E-state index >= 15 is 0 Å². The molecule has 5 N–H and O–H groups in total. The first kappa shape index (κ1) is 25.2. The van der Waals surface area contributed by atoms with Crippen molar-refractivity contribution in [1.82, 2.24) is 25.8 Å². The Balaban J connectivity index is 1.38. The number of likely N-dealkylation sites (N-methyl/N-ethyl adjacent to an activating group) is 1. The third-order valence-electron chi connectivity index (χ3n) is 6.80. The molecule has 1 aromatic heterocycles. The van der Waals surface area contributed by atoms with Gasteiger partial charge in [0.25, 0.3) is 5.91 Å². The Labute approximate surface area is 222 Å². The number of aromatic nitrogens is 2. The Morgan fingerprint density at radius 2 is 1.84 bits per heavy atom. The quantitative estimate of drug-likeness (QED) is 0.397. The Morgan fingerprint density at radius 1 is 1.05 bits per heavy atom. The number of nitrogens with one attached hydrogen (secondary N) is 3. The van der Waals surface area contributed by atoms with Gasteiger partial charge in [-0.1, -0.05) is 12.6 Å². The molecule has 5 rings (SSSR count). The lowest BCUT2D eigenvalue weighted by atomic mass is 10.1. The summed E-state index contributed by atoms with van der Waals surface area (Å²) in [5.41, 5.74) is 19.3. The van der Waals surface area contributed by atoms with E-state index in [1.165, 1.54) is 6.33 Å². The van der Waals surface area contributed by atoms with Crippen LogP contribution >= 0.6 is 0 Å². The summed E-state index contributed by atoms with van der Waals surface area (Å²) in [4.78, 5) is 26.2. The van der Waals surface area contributed by atoms with Crippen molar-refractivity contribution in [2.45, 2.75) is 13.3 Å². The first-order chi connectivity index (χ1) is 18.4. The molecule has 1 amide bonds. The maximum atomic E-state index is 13.4.